The van der Waals surface area contributed by atoms with E-state index in [1.807, 2.05) is 0 Å². The Kier molecular flexibility index (Phi) is 2.71. The molecule has 0 fully saturated rings. The van der Waals surface area contributed by atoms with Gasteiger partial charge in [-0.15, -0.1) is 0 Å². The van der Waals surface area contributed by atoms with E-state index in [0.29, 0.717) is 0 Å². The molecule has 0 atom stereocenters. The third-order valence-corrected chi connectivity index (χ3v) is 2.27. The lowest BCUT2D eigenvalue weighted by atomic mass is 10.2. The number of rotatable bonds is 2. The maximum absolute atomic E-state index is 12.7. The lowest BCUT2D eigenvalue weighted by molar-refractivity contribution is -0.142. The first-order chi connectivity index (χ1) is 8.29. The van der Waals surface area contributed by atoms with Crippen molar-refractivity contribution in [2.75, 3.05) is 0 Å². The van der Waals surface area contributed by atoms with Crippen molar-refractivity contribution in [1.82, 2.24) is 29.6 Å². The van der Waals surface area contributed by atoms with Crippen LogP contribution in [0.1, 0.15) is 11.3 Å². The largest absolute Gasteiger partial charge is 0.435 e. The van der Waals surface area contributed by atoms with Gasteiger partial charge in [-0.05, 0) is 10.4 Å². The van der Waals surface area contributed by atoms with Gasteiger partial charge < -0.3 is 0 Å². The molecule has 2 aromatic rings. The highest BCUT2D eigenvalue weighted by Gasteiger charge is 2.37. The maximum atomic E-state index is 12.7. The van der Waals surface area contributed by atoms with E-state index in [-0.39, 0.29) is 12.1 Å². The first kappa shape index (κ1) is 12.3. The standard InChI is InChI=1S/C8H9F3N6O/c1-15-3-5(6(12-15)8(9,10)11)4-17-7(18)16(2)13-14-17/h3H,4H2,1-2H3. The van der Waals surface area contributed by atoms with Gasteiger partial charge in [0.15, 0.2) is 5.69 Å². The van der Waals surface area contributed by atoms with Crippen molar-refractivity contribution in [2.45, 2.75) is 12.7 Å². The molecule has 0 aliphatic rings. The zero-order chi connectivity index (χ0) is 13.5. The van der Waals surface area contributed by atoms with Crippen LogP contribution >= 0.6 is 0 Å². The summed E-state index contributed by atoms with van der Waals surface area (Å²) < 4.78 is 40.8. The summed E-state index contributed by atoms with van der Waals surface area (Å²) in [6.07, 6.45) is -3.37. The Morgan fingerprint density at radius 1 is 1.28 bits per heavy atom. The third-order valence-electron chi connectivity index (χ3n) is 2.27. The monoisotopic (exact) mass is 262 g/mol. The molecule has 0 saturated carbocycles. The summed E-state index contributed by atoms with van der Waals surface area (Å²) in [5.41, 5.74) is -1.75. The van der Waals surface area contributed by atoms with Gasteiger partial charge in [0.25, 0.3) is 0 Å². The molecule has 0 spiro atoms. The van der Waals surface area contributed by atoms with Crippen LogP contribution in [0.25, 0.3) is 0 Å². The Morgan fingerprint density at radius 3 is 2.44 bits per heavy atom. The molecule has 2 rings (SSSR count). The predicted octanol–water partition coefficient (Wildman–Crippen LogP) is -0.223. The fourth-order valence-corrected chi connectivity index (χ4v) is 1.50. The average Bonchev–Trinajstić information content (AvgIpc) is 2.76. The number of alkyl halides is 3. The van der Waals surface area contributed by atoms with Gasteiger partial charge >= 0.3 is 11.9 Å². The van der Waals surface area contributed by atoms with Gasteiger partial charge in [0.1, 0.15) is 0 Å². The van der Waals surface area contributed by atoms with E-state index in [4.69, 9.17) is 0 Å². The summed E-state index contributed by atoms with van der Waals surface area (Å²) in [6, 6.07) is 0. The van der Waals surface area contributed by atoms with Gasteiger partial charge in [0.05, 0.1) is 6.54 Å². The Hall–Kier alpha value is -2.13. The summed E-state index contributed by atoms with van der Waals surface area (Å²) in [7, 11) is 2.73. The first-order valence-electron chi connectivity index (χ1n) is 4.85. The number of aromatic nitrogens is 6. The Labute approximate surface area is 98.4 Å². The minimum Gasteiger partial charge on any atom is -0.275 e. The summed E-state index contributed by atoms with van der Waals surface area (Å²) >= 11 is 0. The molecule has 98 valence electrons. The molecule has 0 unspecified atom stereocenters. The van der Waals surface area contributed by atoms with Crippen molar-refractivity contribution in [3.63, 3.8) is 0 Å². The Morgan fingerprint density at radius 2 is 1.94 bits per heavy atom. The Bertz CT molecular complexity index is 622. The van der Waals surface area contributed by atoms with Crippen molar-refractivity contribution in [3.05, 3.63) is 27.9 Å². The van der Waals surface area contributed by atoms with Gasteiger partial charge in [-0.25, -0.2) is 4.79 Å². The lowest BCUT2D eigenvalue weighted by Gasteiger charge is -2.04. The number of tetrazole rings is 1. The van der Waals surface area contributed by atoms with E-state index < -0.39 is 17.6 Å². The minimum atomic E-state index is -4.57. The molecule has 0 amide bonds. The lowest BCUT2D eigenvalue weighted by Crippen LogP contribution is -2.24. The highest BCUT2D eigenvalue weighted by molar-refractivity contribution is 5.20. The summed E-state index contributed by atoms with van der Waals surface area (Å²) in [6.45, 7) is -0.324. The number of halogens is 3. The molecular weight excluding hydrogens is 253 g/mol. The maximum Gasteiger partial charge on any atom is 0.435 e. The molecule has 0 aliphatic carbocycles. The molecule has 0 saturated heterocycles. The predicted molar refractivity (Wildman–Crippen MR) is 52.6 cm³/mol. The number of hydrogen-bond donors (Lipinski definition) is 0. The van der Waals surface area contributed by atoms with Crippen LogP contribution in [-0.2, 0) is 26.8 Å². The molecule has 18 heavy (non-hydrogen) atoms. The van der Waals surface area contributed by atoms with Crippen LogP contribution in [-0.4, -0.2) is 29.6 Å². The van der Waals surface area contributed by atoms with E-state index in [1.54, 1.807) is 0 Å². The van der Waals surface area contributed by atoms with Crippen molar-refractivity contribution in [3.8, 4) is 0 Å². The normalized spacial score (nSPS) is 12.1. The number of hydrogen-bond acceptors (Lipinski definition) is 4. The van der Waals surface area contributed by atoms with E-state index >= 15 is 0 Å². The smallest absolute Gasteiger partial charge is 0.275 e. The number of aryl methyl sites for hydroxylation is 2. The van der Waals surface area contributed by atoms with Crippen LogP contribution in [0.4, 0.5) is 13.2 Å². The van der Waals surface area contributed by atoms with Crippen molar-refractivity contribution in [1.29, 1.82) is 0 Å². The van der Waals surface area contributed by atoms with Crippen LogP contribution in [0.15, 0.2) is 11.0 Å². The van der Waals surface area contributed by atoms with E-state index in [1.165, 1.54) is 20.3 Å². The molecule has 0 aliphatic heterocycles. The third kappa shape index (κ3) is 2.13. The van der Waals surface area contributed by atoms with Crippen molar-refractivity contribution in [2.24, 2.45) is 14.1 Å². The van der Waals surface area contributed by atoms with Crippen molar-refractivity contribution >= 4 is 0 Å². The van der Waals surface area contributed by atoms with Gasteiger partial charge in [0.2, 0.25) is 0 Å². The zero-order valence-corrected chi connectivity index (χ0v) is 9.51. The molecule has 0 N–H and O–H groups in total. The van der Waals surface area contributed by atoms with Crippen LogP contribution in [0.2, 0.25) is 0 Å². The quantitative estimate of drug-likeness (QED) is 0.750. The highest BCUT2D eigenvalue weighted by Crippen LogP contribution is 2.30. The SMILES string of the molecule is Cn1cc(Cn2nnn(C)c2=O)c(C(F)(F)F)n1. The molecular formula is C8H9F3N6O. The van der Waals surface area contributed by atoms with Crippen LogP contribution in [0.3, 0.4) is 0 Å². The second-order valence-electron chi connectivity index (χ2n) is 3.72. The fraction of sp³-hybridized carbons (Fsp3) is 0.500. The number of nitrogens with zero attached hydrogens (tertiary/aromatic N) is 6. The second kappa shape index (κ2) is 3.96. The van der Waals surface area contributed by atoms with Gasteiger partial charge in [-0.2, -0.15) is 27.6 Å². The van der Waals surface area contributed by atoms with Gasteiger partial charge in [-0.1, -0.05) is 0 Å². The van der Waals surface area contributed by atoms with Gasteiger partial charge in [0, 0.05) is 25.9 Å². The molecule has 2 heterocycles. The summed E-state index contributed by atoms with van der Waals surface area (Å²) in [4.78, 5) is 11.4. The van der Waals surface area contributed by atoms with E-state index in [2.05, 4.69) is 15.5 Å². The van der Waals surface area contributed by atoms with E-state index in [9.17, 15) is 18.0 Å². The van der Waals surface area contributed by atoms with Gasteiger partial charge in [-0.3, -0.25) is 4.68 Å². The topological polar surface area (TPSA) is 70.5 Å². The molecule has 0 radical (unpaired) electrons. The molecule has 10 heteroatoms. The van der Waals surface area contributed by atoms with Crippen LogP contribution in [0, 0.1) is 0 Å². The molecule has 0 aromatic carbocycles. The summed E-state index contributed by atoms with van der Waals surface area (Å²) in [5, 5.41) is 10.2. The van der Waals surface area contributed by atoms with E-state index in [0.717, 1.165) is 14.0 Å². The molecule has 0 bridgehead atoms. The fourth-order valence-electron chi connectivity index (χ4n) is 1.50. The van der Waals surface area contributed by atoms with Crippen molar-refractivity contribution < 1.29 is 13.2 Å². The van der Waals surface area contributed by atoms with Crippen LogP contribution < -0.4 is 5.69 Å². The Balaban J connectivity index is 2.41. The highest BCUT2D eigenvalue weighted by atomic mass is 19.4. The zero-order valence-electron chi connectivity index (χ0n) is 9.51. The second-order valence-corrected chi connectivity index (χ2v) is 3.72. The minimum absolute atomic E-state index is 0.132. The average molecular weight is 262 g/mol. The summed E-state index contributed by atoms with van der Waals surface area (Å²) in [5.74, 6) is 0. The molecule has 2 aromatic heterocycles. The van der Waals surface area contributed by atoms with Crippen LogP contribution in [0.5, 0.6) is 0 Å². The molecule has 7 nitrogen and oxygen atoms in total. The first-order valence-corrected chi connectivity index (χ1v) is 4.85.